The number of alkyl halides is 2. The molecule has 0 bridgehead atoms. The Balaban J connectivity index is 1.05. The normalized spacial score (nSPS) is 16.4. The Hall–Kier alpha value is -5.55. The van der Waals surface area contributed by atoms with Crippen molar-refractivity contribution < 1.29 is 67.5 Å². The molecule has 1 unspecified atom stereocenters. The molecule has 2 N–H and O–H groups in total. The van der Waals surface area contributed by atoms with Crippen molar-refractivity contribution in [3.63, 3.8) is 0 Å². The van der Waals surface area contributed by atoms with Crippen molar-refractivity contribution in [1.29, 1.82) is 5.26 Å². The Kier molecular flexibility index (Phi) is 18.8. The van der Waals surface area contributed by atoms with E-state index < -0.39 is 91.2 Å². The highest BCUT2D eigenvalue weighted by Gasteiger charge is 2.49. The van der Waals surface area contributed by atoms with Crippen LogP contribution in [-0.2, 0) is 57.7 Å². The molecule has 1 saturated heterocycles. The Bertz CT molecular complexity index is 2750. The van der Waals surface area contributed by atoms with Gasteiger partial charge in [0, 0.05) is 54.3 Å². The summed E-state index contributed by atoms with van der Waals surface area (Å²) >= 11 is 6.62. The predicted octanol–water partition coefficient (Wildman–Crippen LogP) is 4.99. The topological polar surface area (TPSA) is 233 Å². The summed E-state index contributed by atoms with van der Waals surface area (Å²) in [5, 5.41) is 12.0. The van der Waals surface area contributed by atoms with Gasteiger partial charge in [0.25, 0.3) is 21.9 Å². The number of amides is 3. The number of carbonyl (C=O) groups excluding carboxylic acids is 3. The average molecular weight is 1040 g/mol. The number of anilines is 2. The lowest BCUT2D eigenvalue weighted by atomic mass is 9.87. The fraction of sp³-hybridized carbons (Fsp3) is 0.413. The number of hydrogen-bond acceptors (Lipinski definition) is 14. The van der Waals surface area contributed by atoms with Gasteiger partial charge >= 0.3 is 0 Å². The zero-order chi connectivity index (χ0) is 50.5. The van der Waals surface area contributed by atoms with Crippen molar-refractivity contribution in [2.45, 2.75) is 66.4 Å². The molecular formula is C46H50ClF3N6O12S2. The summed E-state index contributed by atoms with van der Waals surface area (Å²) in [5.74, 6) is -6.83. The molecule has 4 aromatic rings. The maximum atomic E-state index is 15.7. The molecule has 18 nitrogen and oxygen atoms in total. The third-order valence-electron chi connectivity index (χ3n) is 10.9. The minimum Gasteiger partial charge on any atom is -0.378 e. The predicted molar refractivity (Wildman–Crippen MR) is 246 cm³/mol. The van der Waals surface area contributed by atoms with Gasteiger partial charge in [-0.1, -0.05) is 47.5 Å². The molecule has 2 fully saturated rings. The smallest absolute Gasteiger partial charge is 0.297 e. The van der Waals surface area contributed by atoms with E-state index in [0.29, 0.717) is 6.07 Å². The van der Waals surface area contributed by atoms with E-state index in [2.05, 4.69) is 15.0 Å². The fourth-order valence-corrected chi connectivity index (χ4v) is 9.63. The third-order valence-corrected chi connectivity index (χ3v) is 14.0. The number of pyridine rings is 1. The van der Waals surface area contributed by atoms with Crippen molar-refractivity contribution in [1.82, 2.24) is 15.0 Å². The molecule has 1 aromatic heterocycles. The van der Waals surface area contributed by atoms with E-state index in [1.165, 1.54) is 54.7 Å². The first-order valence-corrected chi connectivity index (χ1v) is 25.2. The molecule has 1 aliphatic heterocycles. The molecule has 0 radical (unpaired) electrons. The number of ether oxygens (including phenoxy) is 4. The summed E-state index contributed by atoms with van der Waals surface area (Å²) in [6, 6.07) is 14.9. The minimum absolute atomic E-state index is 0.0264. The Morgan fingerprint density at radius 3 is 2.14 bits per heavy atom. The number of carbonyl (C=O) groups is 3. The van der Waals surface area contributed by atoms with Crippen LogP contribution in [0.15, 0.2) is 94.9 Å². The van der Waals surface area contributed by atoms with Gasteiger partial charge in [0.15, 0.2) is 0 Å². The zero-order valence-corrected chi connectivity index (χ0v) is 40.1. The first-order valence-electron chi connectivity index (χ1n) is 21.9. The number of nitrogens with one attached hydrogen (secondary N) is 2. The Labute approximate surface area is 408 Å². The molecule has 24 heteroatoms. The SMILES string of the molecule is Cc1ccc(S(=O)(=O)OCCOCCOCCOCCOCCNS(=O)(=O)c2cc(F)cc(N(C(=O)[C@@H]3CCC(=O)N3c3cc(C#N)ccn3)C(C(=O)NC3CC(F)(F)C3)c3ccccc3Cl)c2)cc1. The number of rotatable bonds is 26. The summed E-state index contributed by atoms with van der Waals surface area (Å²) in [6.45, 7) is 2.30. The van der Waals surface area contributed by atoms with Gasteiger partial charge in [-0.05, 0) is 61.9 Å². The van der Waals surface area contributed by atoms with Crippen molar-refractivity contribution in [3.05, 3.63) is 113 Å². The van der Waals surface area contributed by atoms with Gasteiger partial charge in [0.05, 0.1) is 80.9 Å². The van der Waals surface area contributed by atoms with Gasteiger partial charge in [0.2, 0.25) is 21.8 Å². The summed E-state index contributed by atoms with van der Waals surface area (Å²) in [7, 11) is -8.44. The van der Waals surface area contributed by atoms with Crippen LogP contribution in [-0.4, -0.2) is 124 Å². The van der Waals surface area contributed by atoms with Crippen molar-refractivity contribution in [2.75, 3.05) is 75.8 Å². The largest absolute Gasteiger partial charge is 0.378 e. The summed E-state index contributed by atoms with van der Waals surface area (Å²) in [5.41, 5.74) is 0.550. The molecule has 3 aromatic carbocycles. The quantitative estimate of drug-likeness (QED) is 0.0624. The van der Waals surface area contributed by atoms with E-state index in [1.54, 1.807) is 12.1 Å². The van der Waals surface area contributed by atoms with E-state index >= 15 is 9.18 Å². The second kappa shape index (κ2) is 24.5. The van der Waals surface area contributed by atoms with Crippen LogP contribution >= 0.6 is 11.6 Å². The Morgan fingerprint density at radius 2 is 1.51 bits per heavy atom. The molecule has 0 spiro atoms. The lowest BCUT2D eigenvalue weighted by Gasteiger charge is -2.39. The summed E-state index contributed by atoms with van der Waals surface area (Å²) in [6.07, 6.45) is -0.452. The third kappa shape index (κ3) is 14.5. The first-order chi connectivity index (χ1) is 33.4. The van der Waals surface area contributed by atoms with Gasteiger partial charge in [-0.25, -0.2) is 31.3 Å². The van der Waals surface area contributed by atoms with Crippen LogP contribution in [0.3, 0.4) is 0 Å². The van der Waals surface area contributed by atoms with Crippen molar-refractivity contribution in [2.24, 2.45) is 0 Å². The minimum atomic E-state index is -4.55. The van der Waals surface area contributed by atoms with Crippen LogP contribution < -0.4 is 19.8 Å². The highest BCUT2D eigenvalue weighted by Crippen LogP contribution is 2.40. The number of sulfonamides is 1. The van der Waals surface area contributed by atoms with E-state index in [9.17, 15) is 40.5 Å². The van der Waals surface area contributed by atoms with Crippen molar-refractivity contribution in [3.8, 4) is 6.07 Å². The number of hydrogen-bond donors (Lipinski definition) is 2. The second-order valence-corrected chi connectivity index (χ2v) is 19.8. The van der Waals surface area contributed by atoms with E-state index in [4.69, 9.17) is 34.7 Å². The summed E-state index contributed by atoms with van der Waals surface area (Å²) < 4.78 is 124. The average Bonchev–Trinajstić information content (AvgIpc) is 3.71. The molecule has 3 amide bonds. The second-order valence-electron chi connectivity index (χ2n) is 16.0. The molecule has 70 heavy (non-hydrogen) atoms. The molecular weight excluding hydrogens is 985 g/mol. The van der Waals surface area contributed by atoms with Gasteiger partial charge < -0.3 is 24.3 Å². The number of aromatic nitrogens is 1. The number of aryl methyl sites for hydroxylation is 1. The number of nitriles is 1. The molecule has 376 valence electrons. The van der Waals surface area contributed by atoms with Gasteiger partial charge in [-0.2, -0.15) is 13.7 Å². The van der Waals surface area contributed by atoms with Crippen LogP contribution in [0.5, 0.6) is 0 Å². The molecule has 2 heterocycles. The highest BCUT2D eigenvalue weighted by atomic mass is 35.5. The molecule has 2 atom stereocenters. The Morgan fingerprint density at radius 1 is 0.886 bits per heavy atom. The maximum Gasteiger partial charge on any atom is 0.297 e. The standard InChI is InChI=1S/C46H50ClF3N6O12S2/c1-31-6-8-36(9-7-31)70(62,63)68-23-22-67-21-20-66-19-18-65-17-16-64-15-14-53-69(60,61)37-26-33(48)25-35(27-37)55(45(59)40-10-11-42(57)56(40)41-24-32(30-51)12-13-52-41)43(38-4-2-3-5-39(38)47)44(58)54-34-28-46(49,50)29-34/h2-9,12-13,24-27,34,40,43,53H,10-11,14-23,28-29H2,1H3,(H,54,58)/t40-,43?/m0/s1. The van der Waals surface area contributed by atoms with Gasteiger partial charge in [0.1, 0.15) is 23.7 Å². The number of halogens is 4. The molecule has 2 aliphatic rings. The van der Waals surface area contributed by atoms with Gasteiger partial charge in [-0.3, -0.25) is 28.4 Å². The first kappa shape index (κ1) is 53.8. The number of benzene rings is 3. The van der Waals surface area contributed by atoms with Crippen LogP contribution in [0.1, 0.15) is 48.4 Å². The van der Waals surface area contributed by atoms with Crippen LogP contribution in [0.4, 0.5) is 24.7 Å². The number of nitrogens with zero attached hydrogens (tertiary/aromatic N) is 4. The van der Waals surface area contributed by atoms with Crippen LogP contribution in [0, 0.1) is 24.1 Å². The highest BCUT2D eigenvalue weighted by molar-refractivity contribution is 7.89. The van der Waals surface area contributed by atoms with Gasteiger partial charge in [-0.15, -0.1) is 0 Å². The summed E-state index contributed by atoms with van der Waals surface area (Å²) in [4.78, 5) is 48.2. The van der Waals surface area contributed by atoms with E-state index in [0.717, 1.165) is 27.5 Å². The van der Waals surface area contributed by atoms with Crippen LogP contribution in [0.2, 0.25) is 5.02 Å². The van der Waals surface area contributed by atoms with E-state index in [1.807, 2.05) is 13.0 Å². The maximum absolute atomic E-state index is 15.7. The lowest BCUT2D eigenvalue weighted by Crippen LogP contribution is -2.56. The zero-order valence-electron chi connectivity index (χ0n) is 37.7. The molecule has 6 rings (SSSR count). The fourth-order valence-electron chi connectivity index (χ4n) is 7.44. The monoisotopic (exact) mass is 1030 g/mol. The molecule has 1 aliphatic carbocycles. The lowest BCUT2D eigenvalue weighted by molar-refractivity contribution is -0.133. The van der Waals surface area contributed by atoms with E-state index in [-0.39, 0.29) is 106 Å². The van der Waals surface area contributed by atoms with Crippen LogP contribution in [0.25, 0.3) is 0 Å². The molecule has 1 saturated carbocycles. The van der Waals surface area contributed by atoms with Crippen molar-refractivity contribution >= 4 is 61.0 Å².